The van der Waals surface area contributed by atoms with Crippen LogP contribution < -0.4 is 10.9 Å². The van der Waals surface area contributed by atoms with Crippen LogP contribution in [0.4, 0.5) is 0 Å². The second-order valence-corrected chi connectivity index (χ2v) is 4.36. The minimum absolute atomic E-state index is 0.189. The van der Waals surface area contributed by atoms with Gasteiger partial charge in [0.25, 0.3) is 11.5 Å². The minimum atomic E-state index is -0.351. The lowest BCUT2D eigenvalue weighted by molar-refractivity contribution is 0.0943. The number of aromatic nitrogens is 2. The van der Waals surface area contributed by atoms with Gasteiger partial charge < -0.3 is 5.32 Å². The van der Waals surface area contributed by atoms with Gasteiger partial charge in [-0.3, -0.25) is 9.59 Å². The molecule has 0 radical (unpaired) electrons. The van der Waals surface area contributed by atoms with Crippen LogP contribution in [0, 0.1) is 0 Å². The molecule has 5 nitrogen and oxygen atoms in total. The van der Waals surface area contributed by atoms with E-state index in [1.807, 2.05) is 18.2 Å². The number of aryl methyl sites for hydroxylation is 1. The Bertz CT molecular complexity index is 667. The van der Waals surface area contributed by atoms with Crippen LogP contribution in [0.2, 0.25) is 5.02 Å². The van der Waals surface area contributed by atoms with Gasteiger partial charge >= 0.3 is 0 Å². The molecule has 1 N–H and O–H groups in total. The molecule has 6 heteroatoms. The van der Waals surface area contributed by atoms with Crippen molar-refractivity contribution in [3.63, 3.8) is 0 Å². The molecule has 0 aliphatic rings. The molecule has 0 atom stereocenters. The topological polar surface area (TPSA) is 64.0 Å². The molecule has 0 spiro atoms. The van der Waals surface area contributed by atoms with Crippen molar-refractivity contribution in [1.29, 1.82) is 0 Å². The number of benzene rings is 1. The highest BCUT2D eigenvalue weighted by molar-refractivity contribution is 6.31. The summed E-state index contributed by atoms with van der Waals surface area (Å²) in [6, 6.07) is 9.95. The first kappa shape index (κ1) is 13.3. The van der Waals surface area contributed by atoms with Crippen molar-refractivity contribution in [2.75, 3.05) is 0 Å². The fraction of sp³-hybridized carbons (Fsp3) is 0.154. The number of halogens is 1. The zero-order valence-electron chi connectivity index (χ0n) is 10.3. The van der Waals surface area contributed by atoms with E-state index < -0.39 is 0 Å². The molecule has 0 unspecified atom stereocenters. The van der Waals surface area contributed by atoms with Crippen molar-refractivity contribution in [1.82, 2.24) is 15.1 Å². The molecule has 0 fully saturated rings. The monoisotopic (exact) mass is 277 g/mol. The Kier molecular flexibility index (Phi) is 3.97. The normalized spacial score (nSPS) is 10.2. The summed E-state index contributed by atoms with van der Waals surface area (Å²) in [5, 5.41) is 7.16. The van der Waals surface area contributed by atoms with E-state index >= 15 is 0 Å². The minimum Gasteiger partial charge on any atom is -0.347 e. The first-order valence-electron chi connectivity index (χ1n) is 5.64. The molecular weight excluding hydrogens is 266 g/mol. The van der Waals surface area contributed by atoms with Gasteiger partial charge in [0, 0.05) is 24.7 Å². The van der Waals surface area contributed by atoms with E-state index in [-0.39, 0.29) is 17.2 Å². The van der Waals surface area contributed by atoms with E-state index in [9.17, 15) is 9.59 Å². The van der Waals surface area contributed by atoms with Crippen molar-refractivity contribution in [2.45, 2.75) is 6.54 Å². The Morgan fingerprint density at radius 3 is 2.74 bits per heavy atom. The number of nitrogens with zero attached hydrogens (tertiary/aromatic N) is 2. The molecule has 19 heavy (non-hydrogen) atoms. The molecule has 1 amide bonds. The van der Waals surface area contributed by atoms with Crippen molar-refractivity contribution in [3.05, 3.63) is 63.0 Å². The maximum absolute atomic E-state index is 11.9. The van der Waals surface area contributed by atoms with Gasteiger partial charge in [-0.1, -0.05) is 29.8 Å². The highest BCUT2D eigenvalue weighted by atomic mass is 35.5. The first-order valence-corrected chi connectivity index (χ1v) is 6.01. The highest BCUT2D eigenvalue weighted by Crippen LogP contribution is 2.14. The van der Waals surface area contributed by atoms with Gasteiger partial charge in [-0.15, -0.1) is 0 Å². The van der Waals surface area contributed by atoms with Crippen LogP contribution in [0.1, 0.15) is 16.1 Å². The summed E-state index contributed by atoms with van der Waals surface area (Å²) in [5.74, 6) is -0.351. The average molecular weight is 278 g/mol. The van der Waals surface area contributed by atoms with E-state index in [1.54, 1.807) is 6.07 Å². The zero-order chi connectivity index (χ0) is 13.8. The predicted octanol–water partition coefficient (Wildman–Crippen LogP) is 1.36. The van der Waals surface area contributed by atoms with Gasteiger partial charge in [0.1, 0.15) is 5.69 Å². The second kappa shape index (κ2) is 5.67. The molecule has 1 aromatic carbocycles. The molecule has 1 aromatic heterocycles. The van der Waals surface area contributed by atoms with E-state index in [0.29, 0.717) is 11.6 Å². The van der Waals surface area contributed by atoms with Gasteiger partial charge in [0.2, 0.25) is 0 Å². The number of hydrogen-bond donors (Lipinski definition) is 1. The Labute approximate surface area is 114 Å². The average Bonchev–Trinajstić information content (AvgIpc) is 2.40. The summed E-state index contributed by atoms with van der Waals surface area (Å²) in [6.07, 6.45) is 0. The lowest BCUT2D eigenvalue weighted by Crippen LogP contribution is -2.28. The third kappa shape index (κ3) is 3.20. The maximum Gasteiger partial charge on any atom is 0.271 e. The van der Waals surface area contributed by atoms with E-state index in [0.717, 1.165) is 10.2 Å². The third-order valence-corrected chi connectivity index (χ3v) is 2.96. The summed E-state index contributed by atoms with van der Waals surface area (Å²) < 4.78 is 1.12. The number of carbonyl (C=O) groups excluding carboxylic acids is 1. The summed E-state index contributed by atoms with van der Waals surface area (Å²) in [6.45, 7) is 0.309. The van der Waals surface area contributed by atoms with Crippen LogP contribution in [0.3, 0.4) is 0 Å². The largest absolute Gasteiger partial charge is 0.347 e. The van der Waals surface area contributed by atoms with Gasteiger partial charge in [-0.25, -0.2) is 4.68 Å². The fourth-order valence-electron chi connectivity index (χ4n) is 1.53. The number of hydrogen-bond acceptors (Lipinski definition) is 3. The molecule has 2 aromatic rings. The third-order valence-electron chi connectivity index (χ3n) is 2.59. The number of rotatable bonds is 3. The van der Waals surface area contributed by atoms with Crippen molar-refractivity contribution >= 4 is 17.5 Å². The summed E-state index contributed by atoms with van der Waals surface area (Å²) in [4.78, 5) is 23.0. The molecule has 0 aliphatic heterocycles. The standard InChI is InChI=1S/C13H12ClN3O2/c1-17-12(18)7-6-11(16-17)13(19)15-8-9-4-2-3-5-10(9)14/h2-7H,8H2,1H3,(H,15,19). The van der Waals surface area contributed by atoms with Gasteiger partial charge in [-0.2, -0.15) is 5.10 Å². The lowest BCUT2D eigenvalue weighted by atomic mass is 10.2. The molecule has 0 aliphatic carbocycles. The molecule has 2 rings (SSSR count). The van der Waals surface area contributed by atoms with Crippen LogP contribution in [-0.4, -0.2) is 15.7 Å². The van der Waals surface area contributed by atoms with E-state index in [2.05, 4.69) is 10.4 Å². The smallest absolute Gasteiger partial charge is 0.271 e. The first-order chi connectivity index (χ1) is 9.08. The number of carbonyl (C=O) groups is 1. The van der Waals surface area contributed by atoms with Gasteiger partial charge in [-0.05, 0) is 17.7 Å². The maximum atomic E-state index is 11.9. The highest BCUT2D eigenvalue weighted by Gasteiger charge is 2.08. The van der Waals surface area contributed by atoms with Crippen molar-refractivity contribution < 1.29 is 4.79 Å². The molecule has 0 saturated heterocycles. The number of nitrogens with one attached hydrogen (secondary N) is 1. The van der Waals surface area contributed by atoms with Crippen molar-refractivity contribution in [2.24, 2.45) is 7.05 Å². The molecule has 98 valence electrons. The summed E-state index contributed by atoms with van der Waals surface area (Å²) in [5.41, 5.74) is 0.749. The molecule has 1 heterocycles. The van der Waals surface area contributed by atoms with Crippen LogP contribution in [0.15, 0.2) is 41.2 Å². The molecule has 0 bridgehead atoms. The van der Waals surface area contributed by atoms with Crippen LogP contribution in [0.25, 0.3) is 0 Å². The van der Waals surface area contributed by atoms with E-state index in [4.69, 9.17) is 11.6 Å². The Morgan fingerprint density at radius 1 is 1.32 bits per heavy atom. The Hall–Kier alpha value is -2.14. The number of amides is 1. The SMILES string of the molecule is Cn1nc(C(=O)NCc2ccccc2Cl)ccc1=O. The zero-order valence-corrected chi connectivity index (χ0v) is 11.0. The molecular formula is C13H12ClN3O2. The van der Waals surface area contributed by atoms with Gasteiger partial charge in [0.15, 0.2) is 0 Å². The van der Waals surface area contributed by atoms with Crippen LogP contribution >= 0.6 is 11.6 Å². The predicted molar refractivity (Wildman–Crippen MR) is 72.1 cm³/mol. The van der Waals surface area contributed by atoms with E-state index in [1.165, 1.54) is 19.2 Å². The lowest BCUT2D eigenvalue weighted by Gasteiger charge is -2.06. The second-order valence-electron chi connectivity index (χ2n) is 3.95. The quantitative estimate of drug-likeness (QED) is 0.921. The molecule has 0 saturated carbocycles. The van der Waals surface area contributed by atoms with Crippen LogP contribution in [0.5, 0.6) is 0 Å². The van der Waals surface area contributed by atoms with Crippen molar-refractivity contribution in [3.8, 4) is 0 Å². The fourth-order valence-corrected chi connectivity index (χ4v) is 1.73. The summed E-state index contributed by atoms with van der Waals surface area (Å²) in [7, 11) is 1.49. The Morgan fingerprint density at radius 2 is 2.05 bits per heavy atom. The summed E-state index contributed by atoms with van der Waals surface area (Å²) >= 11 is 5.99. The Balaban J connectivity index is 2.08. The van der Waals surface area contributed by atoms with Crippen LogP contribution in [-0.2, 0) is 13.6 Å². The van der Waals surface area contributed by atoms with Gasteiger partial charge in [0.05, 0.1) is 0 Å².